The molecule has 1 N–H and O–H groups in total. The molecule has 1 aliphatic carbocycles. The van der Waals surface area contributed by atoms with Crippen molar-refractivity contribution in [3.8, 4) is 11.5 Å². The van der Waals surface area contributed by atoms with Crippen LogP contribution in [-0.2, 0) is 0 Å². The fraction of sp³-hybridized carbons (Fsp3) is 0.480. The second kappa shape index (κ2) is 11.4. The van der Waals surface area contributed by atoms with Crippen molar-refractivity contribution in [3.63, 3.8) is 0 Å². The van der Waals surface area contributed by atoms with E-state index in [4.69, 9.17) is 9.47 Å². The Kier molecular flexibility index (Phi) is 8.61. The summed E-state index contributed by atoms with van der Waals surface area (Å²) < 4.78 is 12.4. The maximum atomic E-state index is 12.6. The molecule has 1 amide bonds. The molecule has 0 bridgehead atoms. The van der Waals surface area contributed by atoms with Gasteiger partial charge in [0.25, 0.3) is 5.91 Å². The van der Waals surface area contributed by atoms with E-state index in [0.717, 1.165) is 40.6 Å². The third-order valence-corrected chi connectivity index (χ3v) is 6.02. The topological polar surface area (TPSA) is 47.6 Å². The molecule has 4 nitrogen and oxygen atoms in total. The van der Waals surface area contributed by atoms with Gasteiger partial charge < -0.3 is 14.8 Å². The molecule has 0 heterocycles. The molecule has 1 aliphatic rings. The van der Waals surface area contributed by atoms with E-state index in [9.17, 15) is 4.79 Å². The van der Waals surface area contributed by atoms with Crippen molar-refractivity contribution in [2.45, 2.75) is 52.4 Å². The fourth-order valence-corrected chi connectivity index (χ4v) is 4.17. The monoisotopic (exact) mass is 473 g/mol. The summed E-state index contributed by atoms with van der Waals surface area (Å²) in [5, 5.41) is 2.93. The average molecular weight is 474 g/mol. The highest BCUT2D eigenvalue weighted by molar-refractivity contribution is 9.10. The molecule has 0 radical (unpaired) electrons. The smallest absolute Gasteiger partial charge is 0.255 e. The van der Waals surface area contributed by atoms with Gasteiger partial charge in [-0.2, -0.15) is 0 Å². The molecule has 2 aromatic rings. The van der Waals surface area contributed by atoms with Crippen LogP contribution in [0, 0.1) is 11.8 Å². The van der Waals surface area contributed by atoms with E-state index in [0.29, 0.717) is 18.1 Å². The van der Waals surface area contributed by atoms with Crippen LogP contribution in [0.15, 0.2) is 46.9 Å². The van der Waals surface area contributed by atoms with Gasteiger partial charge in [-0.05, 0) is 76.7 Å². The van der Waals surface area contributed by atoms with Crippen LogP contribution in [0.4, 0.5) is 5.69 Å². The van der Waals surface area contributed by atoms with Crippen LogP contribution in [0.25, 0.3) is 0 Å². The van der Waals surface area contributed by atoms with Gasteiger partial charge in [0.05, 0.1) is 17.7 Å². The van der Waals surface area contributed by atoms with Crippen molar-refractivity contribution in [1.29, 1.82) is 0 Å². The predicted molar refractivity (Wildman–Crippen MR) is 126 cm³/mol. The molecule has 0 spiro atoms. The summed E-state index contributed by atoms with van der Waals surface area (Å²) in [5.74, 6) is 2.70. The molecule has 5 heteroatoms. The number of rotatable bonds is 9. The number of amides is 1. The van der Waals surface area contributed by atoms with E-state index < -0.39 is 0 Å². The first-order valence-corrected chi connectivity index (χ1v) is 11.8. The maximum Gasteiger partial charge on any atom is 0.255 e. The second-order valence-electron chi connectivity index (χ2n) is 8.47. The molecule has 0 unspecified atom stereocenters. The summed E-state index contributed by atoms with van der Waals surface area (Å²) in [4.78, 5) is 12.6. The number of ether oxygens (including phenoxy) is 2. The molecule has 2 aromatic carbocycles. The molecule has 0 aromatic heterocycles. The van der Waals surface area contributed by atoms with Crippen LogP contribution in [0.3, 0.4) is 0 Å². The van der Waals surface area contributed by atoms with E-state index in [2.05, 4.69) is 35.1 Å². The number of hydrogen-bond acceptors (Lipinski definition) is 3. The Labute approximate surface area is 188 Å². The van der Waals surface area contributed by atoms with Gasteiger partial charge in [-0.25, -0.2) is 0 Å². The first-order chi connectivity index (χ1) is 14.5. The van der Waals surface area contributed by atoms with Gasteiger partial charge >= 0.3 is 0 Å². The first kappa shape index (κ1) is 22.7. The molecule has 1 saturated carbocycles. The number of carbonyl (C=O) groups excluding carboxylic acids is 1. The van der Waals surface area contributed by atoms with Gasteiger partial charge in [0, 0.05) is 11.3 Å². The Morgan fingerprint density at radius 3 is 2.47 bits per heavy atom. The van der Waals surface area contributed by atoms with Crippen molar-refractivity contribution >= 4 is 27.5 Å². The SMILES string of the molecule is CC(C)COc1ccc(C(=O)Nc2ccc(OCCC3CCCCC3)cc2)cc1Br. The minimum atomic E-state index is -0.155. The molecule has 30 heavy (non-hydrogen) atoms. The van der Waals surface area contributed by atoms with Crippen molar-refractivity contribution < 1.29 is 14.3 Å². The van der Waals surface area contributed by atoms with Gasteiger partial charge in [0.1, 0.15) is 11.5 Å². The molecular formula is C25H32BrNO3. The highest BCUT2D eigenvalue weighted by atomic mass is 79.9. The lowest BCUT2D eigenvalue weighted by Gasteiger charge is -2.21. The van der Waals surface area contributed by atoms with E-state index in [1.54, 1.807) is 12.1 Å². The number of anilines is 1. The third-order valence-electron chi connectivity index (χ3n) is 5.40. The number of benzene rings is 2. The maximum absolute atomic E-state index is 12.6. The van der Waals surface area contributed by atoms with Crippen molar-refractivity contribution in [2.75, 3.05) is 18.5 Å². The van der Waals surface area contributed by atoms with Crippen LogP contribution in [0.2, 0.25) is 0 Å². The van der Waals surface area contributed by atoms with E-state index >= 15 is 0 Å². The lowest BCUT2D eigenvalue weighted by Crippen LogP contribution is -2.12. The number of carbonyl (C=O) groups is 1. The Bertz CT molecular complexity index is 814. The third kappa shape index (κ3) is 7.05. The van der Waals surface area contributed by atoms with Crippen molar-refractivity contribution in [1.82, 2.24) is 0 Å². The van der Waals surface area contributed by atoms with Gasteiger partial charge in [-0.15, -0.1) is 0 Å². The largest absolute Gasteiger partial charge is 0.494 e. The molecular weight excluding hydrogens is 442 g/mol. The zero-order valence-corrected chi connectivity index (χ0v) is 19.5. The van der Waals surface area contributed by atoms with Gasteiger partial charge in [0.2, 0.25) is 0 Å². The van der Waals surface area contributed by atoms with E-state index in [-0.39, 0.29) is 5.91 Å². The number of nitrogens with one attached hydrogen (secondary N) is 1. The highest BCUT2D eigenvalue weighted by Crippen LogP contribution is 2.28. The quantitative estimate of drug-likeness (QED) is 0.422. The summed E-state index contributed by atoms with van der Waals surface area (Å²) in [5.41, 5.74) is 1.32. The normalized spacial score (nSPS) is 14.5. The van der Waals surface area contributed by atoms with Crippen LogP contribution in [-0.4, -0.2) is 19.1 Å². The minimum Gasteiger partial charge on any atom is -0.494 e. The van der Waals surface area contributed by atoms with Crippen LogP contribution in [0.1, 0.15) is 62.7 Å². The Balaban J connectivity index is 1.48. The van der Waals surface area contributed by atoms with Crippen LogP contribution >= 0.6 is 15.9 Å². The molecule has 0 saturated heterocycles. The summed E-state index contributed by atoms with van der Waals surface area (Å²) in [6.07, 6.45) is 7.93. The van der Waals surface area contributed by atoms with Crippen LogP contribution < -0.4 is 14.8 Å². The van der Waals surface area contributed by atoms with Gasteiger partial charge in [-0.1, -0.05) is 46.0 Å². The molecule has 3 rings (SSSR count). The highest BCUT2D eigenvalue weighted by Gasteiger charge is 2.13. The fourth-order valence-electron chi connectivity index (χ4n) is 3.67. The standard InChI is InChI=1S/C25H32BrNO3/c1-18(2)17-30-24-13-8-20(16-23(24)26)25(28)27-21-9-11-22(12-10-21)29-15-14-19-6-4-3-5-7-19/h8-13,16,18-19H,3-7,14-15,17H2,1-2H3,(H,27,28). The lowest BCUT2D eigenvalue weighted by molar-refractivity contribution is 0.102. The van der Waals surface area contributed by atoms with Crippen molar-refractivity contribution in [2.24, 2.45) is 11.8 Å². The molecule has 1 fully saturated rings. The Morgan fingerprint density at radius 1 is 1.07 bits per heavy atom. The van der Waals surface area contributed by atoms with Gasteiger partial charge in [0.15, 0.2) is 0 Å². The summed E-state index contributed by atoms with van der Waals surface area (Å²) >= 11 is 3.49. The number of hydrogen-bond donors (Lipinski definition) is 1. The van der Waals surface area contributed by atoms with Crippen LogP contribution in [0.5, 0.6) is 11.5 Å². The minimum absolute atomic E-state index is 0.155. The van der Waals surface area contributed by atoms with Gasteiger partial charge in [-0.3, -0.25) is 4.79 Å². The molecule has 0 aliphatic heterocycles. The predicted octanol–water partition coefficient (Wildman–Crippen LogP) is 7.09. The summed E-state index contributed by atoms with van der Waals surface area (Å²) in [6, 6.07) is 13.0. The summed E-state index contributed by atoms with van der Waals surface area (Å²) in [6.45, 7) is 5.60. The zero-order valence-electron chi connectivity index (χ0n) is 18.0. The van der Waals surface area contributed by atoms with Crippen molar-refractivity contribution in [3.05, 3.63) is 52.5 Å². The molecule has 162 valence electrons. The summed E-state index contributed by atoms with van der Waals surface area (Å²) in [7, 11) is 0. The Morgan fingerprint density at radius 2 is 1.80 bits per heavy atom. The number of halogens is 1. The average Bonchev–Trinajstić information content (AvgIpc) is 2.74. The second-order valence-corrected chi connectivity index (χ2v) is 9.32. The lowest BCUT2D eigenvalue weighted by atomic mass is 9.87. The van der Waals surface area contributed by atoms with E-state index in [1.165, 1.54) is 32.1 Å². The zero-order chi connectivity index (χ0) is 21.3. The van der Waals surface area contributed by atoms with E-state index in [1.807, 2.05) is 30.3 Å². The molecule has 0 atom stereocenters. The Hall–Kier alpha value is -2.01. The first-order valence-electron chi connectivity index (χ1n) is 11.0.